The zero-order valence-corrected chi connectivity index (χ0v) is 8.31. The summed E-state index contributed by atoms with van der Waals surface area (Å²) in [6.45, 7) is 6.43. The summed E-state index contributed by atoms with van der Waals surface area (Å²) in [5, 5.41) is 0. The maximum atomic E-state index is 13.1. The van der Waals surface area contributed by atoms with Crippen LogP contribution in [0.2, 0.25) is 0 Å². The minimum Gasteiger partial charge on any atom is -0.327 e. The lowest BCUT2D eigenvalue weighted by atomic mass is 9.71. The Morgan fingerprint density at radius 1 is 1.58 bits per heavy atom. The van der Waals surface area contributed by atoms with Gasteiger partial charge in [0.05, 0.1) is 0 Å². The van der Waals surface area contributed by atoms with Crippen molar-refractivity contribution < 1.29 is 4.39 Å². The van der Waals surface area contributed by atoms with Crippen LogP contribution in [0.1, 0.15) is 40.0 Å². The van der Waals surface area contributed by atoms with E-state index in [1.54, 1.807) is 0 Å². The molecule has 3 atom stereocenters. The third-order valence-corrected chi connectivity index (χ3v) is 3.66. The summed E-state index contributed by atoms with van der Waals surface area (Å²) in [6.07, 6.45) is 1.57. The summed E-state index contributed by atoms with van der Waals surface area (Å²) in [5.74, 6) is 0.498. The van der Waals surface area contributed by atoms with Crippen molar-refractivity contribution >= 4 is 0 Å². The molecular weight excluding hydrogens is 153 g/mol. The third kappa shape index (κ3) is 1.37. The Labute approximate surface area is 74.5 Å². The second-order valence-corrected chi connectivity index (χ2v) is 4.39. The quantitative estimate of drug-likeness (QED) is 0.682. The van der Waals surface area contributed by atoms with E-state index < -0.39 is 6.17 Å². The molecule has 1 rings (SSSR count). The van der Waals surface area contributed by atoms with Gasteiger partial charge in [0.25, 0.3) is 0 Å². The van der Waals surface area contributed by atoms with E-state index in [0.29, 0.717) is 18.8 Å². The van der Waals surface area contributed by atoms with Crippen molar-refractivity contribution in [2.75, 3.05) is 0 Å². The normalized spacial score (nSPS) is 42.5. The first-order valence-corrected chi connectivity index (χ1v) is 4.92. The average Bonchev–Trinajstić information content (AvgIpc) is 2.26. The van der Waals surface area contributed by atoms with Gasteiger partial charge >= 0.3 is 0 Å². The second-order valence-electron chi connectivity index (χ2n) is 4.39. The fourth-order valence-corrected chi connectivity index (χ4v) is 2.64. The van der Waals surface area contributed by atoms with E-state index in [0.717, 1.165) is 6.42 Å². The smallest absolute Gasteiger partial charge is 0.102 e. The number of halogens is 1. The van der Waals surface area contributed by atoms with Gasteiger partial charge in [0, 0.05) is 6.04 Å². The van der Waals surface area contributed by atoms with Crippen LogP contribution >= 0.6 is 0 Å². The zero-order valence-electron chi connectivity index (χ0n) is 8.31. The number of hydrogen-bond acceptors (Lipinski definition) is 1. The molecule has 0 spiro atoms. The van der Waals surface area contributed by atoms with Crippen molar-refractivity contribution in [3.05, 3.63) is 0 Å². The second kappa shape index (κ2) is 3.33. The summed E-state index contributed by atoms with van der Waals surface area (Å²) in [7, 11) is 0. The van der Waals surface area contributed by atoms with E-state index in [2.05, 4.69) is 20.8 Å². The Morgan fingerprint density at radius 3 is 2.33 bits per heavy atom. The maximum absolute atomic E-state index is 13.1. The van der Waals surface area contributed by atoms with Crippen molar-refractivity contribution in [1.82, 2.24) is 0 Å². The fraction of sp³-hybridized carbons (Fsp3) is 1.00. The monoisotopic (exact) mass is 173 g/mol. The van der Waals surface area contributed by atoms with Gasteiger partial charge in [-0.25, -0.2) is 4.39 Å². The molecule has 2 heteroatoms. The SMILES string of the molecule is CCC1(C(C)C)CC(F)C[C@H]1N. The van der Waals surface area contributed by atoms with Crippen molar-refractivity contribution in [1.29, 1.82) is 0 Å². The standard InChI is InChI=1S/C10H20FN/c1-4-10(7(2)3)6-8(11)5-9(10)12/h7-9H,4-6,12H2,1-3H3/t8?,9-,10?/m1/s1. The molecule has 0 bridgehead atoms. The summed E-state index contributed by atoms with van der Waals surface area (Å²) in [5.41, 5.74) is 6.04. The molecule has 0 radical (unpaired) electrons. The molecule has 0 saturated heterocycles. The molecule has 12 heavy (non-hydrogen) atoms. The van der Waals surface area contributed by atoms with Crippen LogP contribution in [0, 0.1) is 11.3 Å². The van der Waals surface area contributed by atoms with E-state index in [-0.39, 0.29) is 11.5 Å². The molecule has 1 aliphatic carbocycles. The summed E-state index contributed by atoms with van der Waals surface area (Å²) >= 11 is 0. The molecule has 72 valence electrons. The van der Waals surface area contributed by atoms with Gasteiger partial charge in [-0.2, -0.15) is 0 Å². The predicted molar refractivity (Wildman–Crippen MR) is 49.7 cm³/mol. The Bertz CT molecular complexity index is 158. The van der Waals surface area contributed by atoms with E-state index in [9.17, 15) is 4.39 Å². The summed E-state index contributed by atoms with van der Waals surface area (Å²) in [4.78, 5) is 0. The molecule has 0 amide bonds. The van der Waals surface area contributed by atoms with Crippen molar-refractivity contribution in [3.8, 4) is 0 Å². The highest BCUT2D eigenvalue weighted by molar-refractivity contribution is 4.99. The number of alkyl halides is 1. The van der Waals surface area contributed by atoms with Gasteiger partial charge in [-0.05, 0) is 30.6 Å². The first kappa shape index (κ1) is 9.97. The number of rotatable bonds is 2. The van der Waals surface area contributed by atoms with E-state index in [1.165, 1.54) is 0 Å². The van der Waals surface area contributed by atoms with E-state index >= 15 is 0 Å². The highest BCUT2D eigenvalue weighted by Gasteiger charge is 2.46. The Morgan fingerprint density at radius 2 is 2.17 bits per heavy atom. The van der Waals surface area contributed by atoms with Gasteiger partial charge in [-0.1, -0.05) is 20.8 Å². The lowest BCUT2D eigenvalue weighted by Gasteiger charge is -2.36. The number of hydrogen-bond donors (Lipinski definition) is 1. The van der Waals surface area contributed by atoms with Crippen molar-refractivity contribution in [2.45, 2.75) is 52.2 Å². The van der Waals surface area contributed by atoms with Crippen molar-refractivity contribution in [3.63, 3.8) is 0 Å². The van der Waals surface area contributed by atoms with Gasteiger partial charge in [0.15, 0.2) is 0 Å². The molecular formula is C10H20FN. The Hall–Kier alpha value is -0.110. The molecule has 0 aliphatic heterocycles. The molecule has 0 heterocycles. The molecule has 0 aromatic rings. The van der Waals surface area contributed by atoms with Gasteiger partial charge in [0.1, 0.15) is 6.17 Å². The van der Waals surface area contributed by atoms with Crippen LogP contribution in [0.5, 0.6) is 0 Å². The van der Waals surface area contributed by atoms with Crippen LogP contribution in [0.4, 0.5) is 4.39 Å². The van der Waals surface area contributed by atoms with Crippen LogP contribution in [0.3, 0.4) is 0 Å². The molecule has 0 aromatic heterocycles. The van der Waals surface area contributed by atoms with Crippen LogP contribution in [0.15, 0.2) is 0 Å². The Kier molecular flexibility index (Phi) is 2.77. The number of nitrogens with two attached hydrogens (primary N) is 1. The molecule has 2 unspecified atom stereocenters. The van der Waals surface area contributed by atoms with Gasteiger partial charge in [-0.15, -0.1) is 0 Å². The van der Waals surface area contributed by atoms with Crippen LogP contribution < -0.4 is 5.73 Å². The molecule has 2 N–H and O–H groups in total. The fourth-order valence-electron chi connectivity index (χ4n) is 2.64. The highest BCUT2D eigenvalue weighted by atomic mass is 19.1. The Balaban J connectivity index is 2.79. The predicted octanol–water partition coefficient (Wildman–Crippen LogP) is 2.50. The largest absolute Gasteiger partial charge is 0.327 e. The van der Waals surface area contributed by atoms with E-state index in [1.807, 2.05) is 0 Å². The van der Waals surface area contributed by atoms with Gasteiger partial charge < -0.3 is 5.73 Å². The zero-order chi connectivity index (χ0) is 9.35. The minimum atomic E-state index is -0.664. The highest BCUT2D eigenvalue weighted by Crippen LogP contribution is 2.46. The molecule has 0 aromatic carbocycles. The lowest BCUT2D eigenvalue weighted by Crippen LogP contribution is -2.40. The average molecular weight is 173 g/mol. The first-order chi connectivity index (χ1) is 5.53. The van der Waals surface area contributed by atoms with Crippen LogP contribution in [-0.2, 0) is 0 Å². The lowest BCUT2D eigenvalue weighted by molar-refractivity contribution is 0.150. The van der Waals surface area contributed by atoms with Gasteiger partial charge in [0.2, 0.25) is 0 Å². The van der Waals surface area contributed by atoms with Crippen molar-refractivity contribution in [2.24, 2.45) is 17.1 Å². The summed E-state index contributed by atoms with van der Waals surface area (Å²) in [6, 6.07) is 0.0671. The first-order valence-electron chi connectivity index (χ1n) is 4.92. The third-order valence-electron chi connectivity index (χ3n) is 3.66. The minimum absolute atomic E-state index is 0.0671. The molecule has 1 saturated carbocycles. The topological polar surface area (TPSA) is 26.0 Å². The maximum Gasteiger partial charge on any atom is 0.102 e. The molecule has 1 aliphatic rings. The molecule has 1 fully saturated rings. The van der Waals surface area contributed by atoms with Crippen LogP contribution in [0.25, 0.3) is 0 Å². The van der Waals surface area contributed by atoms with Crippen LogP contribution in [-0.4, -0.2) is 12.2 Å². The van der Waals surface area contributed by atoms with E-state index in [4.69, 9.17) is 5.73 Å². The van der Waals surface area contributed by atoms with Gasteiger partial charge in [-0.3, -0.25) is 0 Å². The molecule has 1 nitrogen and oxygen atoms in total. The summed E-state index contributed by atoms with van der Waals surface area (Å²) < 4.78 is 13.1.